The second-order valence-electron chi connectivity index (χ2n) is 6.10. The van der Waals surface area contributed by atoms with Crippen molar-refractivity contribution in [3.05, 3.63) is 0 Å². The standard InChI is InChI=1S/C15H28N2O6/c1-5-6-10-22-13(20)16-9-7-8-11(12(18)19)17-14(21)23-15(2,3)4/h11H,5-10H2,1-4H3,(H,16,20)(H,17,21)(H,18,19). The van der Waals surface area contributed by atoms with Gasteiger partial charge in [0.1, 0.15) is 11.6 Å². The number of amides is 2. The number of carboxylic acid groups (broad SMARTS) is 1. The fourth-order valence-electron chi connectivity index (χ4n) is 1.56. The summed E-state index contributed by atoms with van der Waals surface area (Å²) >= 11 is 0. The second kappa shape index (κ2) is 10.7. The van der Waals surface area contributed by atoms with Gasteiger partial charge in [-0.2, -0.15) is 0 Å². The smallest absolute Gasteiger partial charge is 0.408 e. The van der Waals surface area contributed by atoms with Crippen LogP contribution in [-0.4, -0.2) is 48.1 Å². The molecule has 0 heterocycles. The van der Waals surface area contributed by atoms with Crippen LogP contribution in [0.25, 0.3) is 0 Å². The first-order valence-corrected chi connectivity index (χ1v) is 7.78. The molecule has 0 aliphatic heterocycles. The number of carbonyl (C=O) groups excluding carboxylic acids is 2. The Labute approximate surface area is 136 Å². The van der Waals surface area contributed by atoms with Gasteiger partial charge >= 0.3 is 18.2 Å². The highest BCUT2D eigenvalue weighted by Gasteiger charge is 2.23. The molecular weight excluding hydrogens is 304 g/mol. The molecule has 0 aliphatic rings. The van der Waals surface area contributed by atoms with Crippen LogP contribution in [-0.2, 0) is 14.3 Å². The average molecular weight is 332 g/mol. The van der Waals surface area contributed by atoms with Gasteiger partial charge in [-0.1, -0.05) is 13.3 Å². The highest BCUT2D eigenvalue weighted by atomic mass is 16.6. The van der Waals surface area contributed by atoms with Gasteiger partial charge in [0, 0.05) is 6.54 Å². The molecule has 2 amide bonds. The van der Waals surface area contributed by atoms with Crippen molar-refractivity contribution in [2.24, 2.45) is 0 Å². The first kappa shape index (κ1) is 21.0. The summed E-state index contributed by atoms with van der Waals surface area (Å²) in [5, 5.41) is 13.9. The Hall–Kier alpha value is -1.99. The van der Waals surface area contributed by atoms with E-state index >= 15 is 0 Å². The minimum absolute atomic E-state index is 0.170. The summed E-state index contributed by atoms with van der Waals surface area (Å²) < 4.78 is 9.91. The maximum Gasteiger partial charge on any atom is 0.408 e. The largest absolute Gasteiger partial charge is 0.480 e. The molecule has 0 saturated carbocycles. The monoisotopic (exact) mass is 332 g/mol. The highest BCUT2D eigenvalue weighted by Crippen LogP contribution is 2.07. The molecule has 0 bridgehead atoms. The Morgan fingerprint density at radius 3 is 2.30 bits per heavy atom. The third-order valence-electron chi connectivity index (χ3n) is 2.66. The number of hydrogen-bond donors (Lipinski definition) is 3. The SMILES string of the molecule is CCCCOC(=O)NCCCC(NC(=O)OC(C)(C)C)C(=O)O. The molecule has 23 heavy (non-hydrogen) atoms. The number of alkyl carbamates (subject to hydrolysis) is 2. The van der Waals surface area contributed by atoms with Crippen molar-refractivity contribution in [3.63, 3.8) is 0 Å². The van der Waals surface area contributed by atoms with Crippen LogP contribution < -0.4 is 10.6 Å². The van der Waals surface area contributed by atoms with Crippen LogP contribution in [0.1, 0.15) is 53.4 Å². The summed E-state index contributed by atoms with van der Waals surface area (Å²) in [5.74, 6) is -1.15. The molecule has 134 valence electrons. The third kappa shape index (κ3) is 12.3. The third-order valence-corrected chi connectivity index (χ3v) is 2.66. The zero-order valence-electron chi connectivity index (χ0n) is 14.3. The normalized spacial score (nSPS) is 12.2. The summed E-state index contributed by atoms with van der Waals surface area (Å²) in [6, 6.07) is -1.07. The first-order chi connectivity index (χ1) is 10.7. The minimum atomic E-state index is -1.15. The lowest BCUT2D eigenvalue weighted by Gasteiger charge is -2.22. The van der Waals surface area contributed by atoms with Gasteiger partial charge in [0.2, 0.25) is 0 Å². The van der Waals surface area contributed by atoms with Gasteiger partial charge < -0.3 is 25.2 Å². The van der Waals surface area contributed by atoms with Crippen molar-refractivity contribution in [2.45, 2.75) is 65.0 Å². The van der Waals surface area contributed by atoms with E-state index in [2.05, 4.69) is 10.6 Å². The van der Waals surface area contributed by atoms with Gasteiger partial charge in [-0.05, 0) is 40.0 Å². The number of aliphatic carboxylic acids is 1. The van der Waals surface area contributed by atoms with Crippen molar-refractivity contribution in [1.82, 2.24) is 10.6 Å². The lowest BCUT2D eigenvalue weighted by atomic mass is 10.1. The Kier molecular flexibility index (Phi) is 9.76. The molecular formula is C15H28N2O6. The van der Waals surface area contributed by atoms with E-state index in [9.17, 15) is 14.4 Å². The van der Waals surface area contributed by atoms with E-state index in [-0.39, 0.29) is 13.0 Å². The molecule has 0 radical (unpaired) electrons. The van der Waals surface area contributed by atoms with Crippen LogP contribution in [0.15, 0.2) is 0 Å². The predicted octanol–water partition coefficient (Wildman–Crippen LogP) is 2.27. The van der Waals surface area contributed by atoms with E-state index in [1.54, 1.807) is 20.8 Å². The molecule has 0 aromatic rings. The number of nitrogens with one attached hydrogen (secondary N) is 2. The quantitative estimate of drug-likeness (QED) is 0.558. The topological polar surface area (TPSA) is 114 Å². The van der Waals surface area contributed by atoms with Crippen LogP contribution in [0.4, 0.5) is 9.59 Å². The van der Waals surface area contributed by atoms with E-state index in [1.165, 1.54) is 0 Å². The van der Waals surface area contributed by atoms with Crippen molar-refractivity contribution >= 4 is 18.2 Å². The van der Waals surface area contributed by atoms with E-state index in [1.807, 2.05) is 6.92 Å². The lowest BCUT2D eigenvalue weighted by Crippen LogP contribution is -2.43. The van der Waals surface area contributed by atoms with Crippen molar-refractivity contribution in [2.75, 3.05) is 13.2 Å². The summed E-state index contributed by atoms with van der Waals surface area (Å²) in [4.78, 5) is 34.0. The van der Waals surface area contributed by atoms with Crippen LogP contribution in [0.2, 0.25) is 0 Å². The molecule has 0 spiro atoms. The van der Waals surface area contributed by atoms with Gasteiger partial charge in [0.15, 0.2) is 0 Å². The Morgan fingerprint density at radius 1 is 1.13 bits per heavy atom. The van der Waals surface area contributed by atoms with Gasteiger partial charge in [-0.15, -0.1) is 0 Å². The molecule has 0 fully saturated rings. The van der Waals surface area contributed by atoms with E-state index in [0.29, 0.717) is 13.0 Å². The number of rotatable bonds is 9. The number of hydrogen-bond acceptors (Lipinski definition) is 5. The van der Waals surface area contributed by atoms with Crippen molar-refractivity contribution < 1.29 is 29.0 Å². The summed E-state index contributed by atoms with van der Waals surface area (Å²) in [6.07, 6.45) is 0.986. The fourth-order valence-corrected chi connectivity index (χ4v) is 1.56. The maximum absolute atomic E-state index is 11.6. The second-order valence-corrected chi connectivity index (χ2v) is 6.10. The number of unbranched alkanes of at least 4 members (excludes halogenated alkanes) is 1. The summed E-state index contributed by atoms with van der Waals surface area (Å²) in [6.45, 7) is 7.69. The molecule has 8 nitrogen and oxygen atoms in total. The molecule has 0 rings (SSSR count). The van der Waals surface area contributed by atoms with Gasteiger partial charge in [-0.25, -0.2) is 14.4 Å². The Balaban J connectivity index is 4.04. The summed E-state index contributed by atoms with van der Waals surface area (Å²) in [5.41, 5.74) is -0.697. The van der Waals surface area contributed by atoms with Crippen LogP contribution in [0, 0.1) is 0 Å². The Bertz CT molecular complexity index is 392. The van der Waals surface area contributed by atoms with Crippen molar-refractivity contribution in [1.29, 1.82) is 0 Å². The van der Waals surface area contributed by atoms with E-state index in [0.717, 1.165) is 12.8 Å². The van der Waals surface area contributed by atoms with Gasteiger partial charge in [-0.3, -0.25) is 0 Å². The molecule has 0 aliphatic carbocycles. The predicted molar refractivity (Wildman–Crippen MR) is 84.3 cm³/mol. The van der Waals surface area contributed by atoms with Gasteiger partial charge in [0.25, 0.3) is 0 Å². The molecule has 0 aromatic heterocycles. The molecule has 3 N–H and O–H groups in total. The molecule has 1 unspecified atom stereocenters. The van der Waals surface area contributed by atoms with E-state index < -0.39 is 29.8 Å². The molecule has 8 heteroatoms. The molecule has 0 aromatic carbocycles. The summed E-state index contributed by atoms with van der Waals surface area (Å²) in [7, 11) is 0. The van der Waals surface area contributed by atoms with Crippen molar-refractivity contribution in [3.8, 4) is 0 Å². The molecule has 1 atom stereocenters. The number of carbonyl (C=O) groups is 3. The number of ether oxygens (including phenoxy) is 2. The van der Waals surface area contributed by atoms with Crippen LogP contribution in [0.3, 0.4) is 0 Å². The zero-order valence-corrected chi connectivity index (χ0v) is 14.3. The minimum Gasteiger partial charge on any atom is -0.480 e. The first-order valence-electron chi connectivity index (χ1n) is 7.78. The van der Waals surface area contributed by atoms with Gasteiger partial charge in [0.05, 0.1) is 6.61 Å². The lowest BCUT2D eigenvalue weighted by molar-refractivity contribution is -0.139. The van der Waals surface area contributed by atoms with Crippen LogP contribution in [0.5, 0.6) is 0 Å². The molecule has 0 saturated heterocycles. The number of carboxylic acids is 1. The Morgan fingerprint density at radius 2 is 1.78 bits per heavy atom. The highest BCUT2D eigenvalue weighted by molar-refractivity contribution is 5.79. The fraction of sp³-hybridized carbons (Fsp3) is 0.800. The maximum atomic E-state index is 11.6. The average Bonchev–Trinajstić information content (AvgIpc) is 2.40. The zero-order chi connectivity index (χ0) is 17.9. The van der Waals surface area contributed by atoms with Crippen LogP contribution >= 0.6 is 0 Å². The van der Waals surface area contributed by atoms with E-state index in [4.69, 9.17) is 14.6 Å².